The molecule has 0 spiro atoms. The number of anilines is 2. The third-order valence-electron chi connectivity index (χ3n) is 5.88. The fourth-order valence-electron chi connectivity index (χ4n) is 4.02. The second-order valence-corrected chi connectivity index (χ2v) is 10.4. The Morgan fingerprint density at radius 2 is 1.77 bits per heavy atom. The molecule has 1 aliphatic rings. The van der Waals surface area contributed by atoms with E-state index in [0.717, 1.165) is 18.4 Å². The van der Waals surface area contributed by atoms with E-state index in [4.69, 9.17) is 16.3 Å². The molecule has 184 valence electrons. The molecular weight excluding hydrogens is 486 g/mol. The minimum atomic E-state index is -4.01. The molecule has 0 aliphatic carbocycles. The van der Waals surface area contributed by atoms with Crippen molar-refractivity contribution < 1.29 is 17.9 Å². The summed E-state index contributed by atoms with van der Waals surface area (Å²) in [6.07, 6.45) is 2.59. The lowest BCUT2D eigenvalue weighted by molar-refractivity contribution is 0.0792. The Hall–Kier alpha value is -3.23. The number of sulfonamides is 1. The summed E-state index contributed by atoms with van der Waals surface area (Å²) in [7, 11) is -2.49. The molecule has 3 aromatic carbocycles. The number of carbonyl (C=O) groups excluding carboxylic acids is 1. The molecule has 9 heteroatoms. The summed E-state index contributed by atoms with van der Waals surface area (Å²) in [4.78, 5) is 14.7. The molecule has 0 aromatic heterocycles. The molecule has 2 N–H and O–H groups in total. The fourth-order valence-corrected chi connectivity index (χ4v) is 5.40. The van der Waals surface area contributed by atoms with Crippen LogP contribution in [0.15, 0.2) is 71.6 Å². The van der Waals surface area contributed by atoms with Crippen molar-refractivity contribution in [3.63, 3.8) is 0 Å². The number of hydrogen-bond donors (Lipinski definition) is 2. The topological polar surface area (TPSA) is 87.7 Å². The van der Waals surface area contributed by atoms with Crippen molar-refractivity contribution in [2.75, 3.05) is 36.8 Å². The van der Waals surface area contributed by atoms with Gasteiger partial charge in [0.15, 0.2) is 0 Å². The molecular formula is C26H28ClN3O4S. The minimum absolute atomic E-state index is 0.0153. The first kappa shape index (κ1) is 24.9. The third kappa shape index (κ3) is 6.26. The van der Waals surface area contributed by atoms with E-state index in [2.05, 4.69) is 10.0 Å². The molecule has 0 saturated carbocycles. The molecule has 1 fully saturated rings. The smallest absolute Gasteiger partial charge is 0.263 e. The zero-order chi connectivity index (χ0) is 24.8. The Labute approximate surface area is 211 Å². The lowest BCUT2D eigenvalue weighted by atomic mass is 10.1. The minimum Gasteiger partial charge on any atom is -0.497 e. The van der Waals surface area contributed by atoms with Gasteiger partial charge in [-0.05, 0) is 67.3 Å². The summed E-state index contributed by atoms with van der Waals surface area (Å²) in [5.74, 6) is 0.373. The number of ether oxygens (including phenoxy) is 1. The normalized spacial score (nSPS) is 13.5. The Balaban J connectivity index is 1.61. The van der Waals surface area contributed by atoms with Gasteiger partial charge in [-0.15, -0.1) is 0 Å². The van der Waals surface area contributed by atoms with E-state index in [1.54, 1.807) is 41.3 Å². The fraction of sp³-hybridized carbons (Fsp3) is 0.269. The highest BCUT2D eigenvalue weighted by atomic mass is 35.5. The predicted octanol–water partition coefficient (Wildman–Crippen LogP) is 5.04. The highest BCUT2D eigenvalue weighted by Gasteiger charge is 2.24. The van der Waals surface area contributed by atoms with Crippen molar-refractivity contribution in [3.8, 4) is 5.75 Å². The maximum Gasteiger partial charge on any atom is 0.263 e. The quantitative estimate of drug-likeness (QED) is 0.418. The van der Waals surface area contributed by atoms with Crippen LogP contribution in [0.2, 0.25) is 5.02 Å². The molecule has 0 atom stereocenters. The zero-order valence-corrected chi connectivity index (χ0v) is 21.0. The van der Waals surface area contributed by atoms with E-state index in [1.807, 2.05) is 24.3 Å². The molecule has 3 aromatic rings. The Bertz CT molecular complexity index is 1290. The van der Waals surface area contributed by atoms with E-state index in [9.17, 15) is 13.2 Å². The average molecular weight is 514 g/mol. The van der Waals surface area contributed by atoms with Crippen LogP contribution in [0.1, 0.15) is 28.8 Å². The van der Waals surface area contributed by atoms with E-state index >= 15 is 0 Å². The van der Waals surface area contributed by atoms with Gasteiger partial charge in [0.05, 0.1) is 18.5 Å². The highest BCUT2D eigenvalue weighted by Crippen LogP contribution is 2.28. The number of benzene rings is 3. The number of hydrogen-bond acceptors (Lipinski definition) is 5. The summed E-state index contributed by atoms with van der Waals surface area (Å²) in [5, 5.41) is 3.89. The molecule has 1 heterocycles. The molecule has 1 aliphatic heterocycles. The maximum absolute atomic E-state index is 13.5. The van der Waals surface area contributed by atoms with Gasteiger partial charge >= 0.3 is 0 Å². The number of methoxy groups -OCH3 is 1. The molecule has 1 saturated heterocycles. The monoisotopic (exact) mass is 513 g/mol. The van der Waals surface area contributed by atoms with E-state index in [-0.39, 0.29) is 10.8 Å². The number of nitrogens with zero attached hydrogens (tertiary/aromatic N) is 1. The Morgan fingerprint density at radius 3 is 2.49 bits per heavy atom. The van der Waals surface area contributed by atoms with Gasteiger partial charge in [-0.3, -0.25) is 9.52 Å². The molecule has 0 unspecified atom stereocenters. The van der Waals surface area contributed by atoms with Crippen molar-refractivity contribution in [1.29, 1.82) is 0 Å². The van der Waals surface area contributed by atoms with Gasteiger partial charge in [0.1, 0.15) is 10.6 Å². The lowest BCUT2D eigenvalue weighted by Crippen LogP contribution is -2.28. The number of halogens is 1. The molecule has 1 amide bonds. The van der Waals surface area contributed by atoms with Gasteiger partial charge in [-0.2, -0.15) is 0 Å². The summed E-state index contributed by atoms with van der Waals surface area (Å²) < 4.78 is 34.7. The molecule has 0 bridgehead atoms. The van der Waals surface area contributed by atoms with Crippen LogP contribution in [0, 0.1) is 0 Å². The number of nitrogens with one attached hydrogen (secondary N) is 2. The van der Waals surface area contributed by atoms with Crippen molar-refractivity contribution in [1.82, 2.24) is 4.90 Å². The predicted molar refractivity (Wildman–Crippen MR) is 139 cm³/mol. The second-order valence-electron chi connectivity index (χ2n) is 8.35. The SMILES string of the molecule is COc1cccc(NS(=O)(=O)c2cc(C(=O)N3CCCC3)ccc2NCCc2ccc(Cl)cc2)c1. The number of carbonyl (C=O) groups is 1. The van der Waals surface area contributed by atoms with Crippen LogP contribution in [0.4, 0.5) is 11.4 Å². The first-order chi connectivity index (χ1) is 16.9. The number of rotatable bonds is 9. The highest BCUT2D eigenvalue weighted by molar-refractivity contribution is 7.92. The summed E-state index contributed by atoms with van der Waals surface area (Å²) >= 11 is 5.96. The van der Waals surface area contributed by atoms with Crippen molar-refractivity contribution in [2.45, 2.75) is 24.2 Å². The number of likely N-dealkylation sites (tertiary alicyclic amines) is 1. The van der Waals surface area contributed by atoms with E-state index < -0.39 is 10.0 Å². The first-order valence-electron chi connectivity index (χ1n) is 11.4. The van der Waals surface area contributed by atoms with E-state index in [0.29, 0.717) is 53.8 Å². The Kier molecular flexibility index (Phi) is 7.83. The van der Waals surface area contributed by atoms with Crippen molar-refractivity contribution >= 4 is 38.9 Å². The van der Waals surface area contributed by atoms with Gasteiger partial charge in [0.25, 0.3) is 15.9 Å². The standard InChI is InChI=1S/C26H28ClN3O4S/c1-34-23-6-4-5-22(18-23)29-35(32,33)25-17-20(26(31)30-15-2-3-16-30)9-12-24(25)28-14-13-19-7-10-21(27)11-8-19/h4-12,17-18,28-29H,2-3,13-16H2,1H3. The van der Waals surface area contributed by atoms with E-state index in [1.165, 1.54) is 13.2 Å². The zero-order valence-electron chi connectivity index (χ0n) is 19.5. The van der Waals surface area contributed by atoms with Gasteiger partial charge < -0.3 is 15.0 Å². The molecule has 0 radical (unpaired) electrons. The Morgan fingerprint density at radius 1 is 1.03 bits per heavy atom. The summed E-state index contributed by atoms with van der Waals surface area (Å²) in [6.45, 7) is 1.87. The van der Waals surface area contributed by atoms with Gasteiger partial charge in [-0.1, -0.05) is 29.8 Å². The lowest BCUT2D eigenvalue weighted by Gasteiger charge is -2.18. The third-order valence-corrected chi connectivity index (χ3v) is 7.55. The van der Waals surface area contributed by atoms with Crippen LogP contribution in [0.3, 0.4) is 0 Å². The van der Waals surface area contributed by atoms with Crippen LogP contribution in [-0.2, 0) is 16.4 Å². The number of amides is 1. The summed E-state index contributed by atoms with van der Waals surface area (Å²) in [6, 6.07) is 19.0. The van der Waals surface area contributed by atoms with Crippen LogP contribution >= 0.6 is 11.6 Å². The molecule has 7 nitrogen and oxygen atoms in total. The van der Waals surface area contributed by atoms with Crippen LogP contribution < -0.4 is 14.8 Å². The van der Waals surface area contributed by atoms with Gasteiger partial charge in [0, 0.05) is 36.3 Å². The average Bonchev–Trinajstić information content (AvgIpc) is 3.40. The van der Waals surface area contributed by atoms with Crippen LogP contribution in [-0.4, -0.2) is 46.0 Å². The maximum atomic E-state index is 13.5. The van der Waals surface area contributed by atoms with Gasteiger partial charge in [-0.25, -0.2) is 8.42 Å². The molecule has 35 heavy (non-hydrogen) atoms. The largest absolute Gasteiger partial charge is 0.497 e. The van der Waals surface area contributed by atoms with Crippen molar-refractivity contribution in [3.05, 3.63) is 82.9 Å². The van der Waals surface area contributed by atoms with Crippen molar-refractivity contribution in [2.24, 2.45) is 0 Å². The van der Waals surface area contributed by atoms with Gasteiger partial charge in [0.2, 0.25) is 0 Å². The second kappa shape index (κ2) is 11.0. The first-order valence-corrected chi connectivity index (χ1v) is 13.3. The van der Waals surface area contributed by atoms with Crippen LogP contribution in [0.5, 0.6) is 5.75 Å². The summed E-state index contributed by atoms with van der Waals surface area (Å²) in [5.41, 5.74) is 2.21. The molecule has 4 rings (SSSR count). The van der Waals surface area contributed by atoms with Crippen LogP contribution in [0.25, 0.3) is 0 Å².